The first-order valence-corrected chi connectivity index (χ1v) is 9.54. The second-order valence-corrected chi connectivity index (χ2v) is 7.85. The first kappa shape index (κ1) is 17.1. The number of carbonyl (C=O) groups is 2. The molecule has 0 bridgehead atoms. The predicted octanol–water partition coefficient (Wildman–Crippen LogP) is 2.30. The summed E-state index contributed by atoms with van der Waals surface area (Å²) in [6, 6.07) is 9.39. The fourth-order valence-corrected chi connectivity index (χ4v) is 4.26. The van der Waals surface area contributed by atoms with E-state index in [9.17, 15) is 9.59 Å². The molecule has 1 aromatic heterocycles. The molecular formula is C19H20N4O2S. The maximum atomic E-state index is 13.2. The molecule has 134 valence electrons. The molecule has 2 atom stereocenters. The largest absolute Gasteiger partial charge is 0.329 e. The van der Waals surface area contributed by atoms with Crippen molar-refractivity contribution in [3.05, 3.63) is 53.9 Å². The van der Waals surface area contributed by atoms with E-state index in [4.69, 9.17) is 0 Å². The van der Waals surface area contributed by atoms with Gasteiger partial charge in [-0.05, 0) is 36.8 Å². The summed E-state index contributed by atoms with van der Waals surface area (Å²) in [7, 11) is 0. The summed E-state index contributed by atoms with van der Waals surface area (Å²) in [6.07, 6.45) is 3.54. The molecule has 7 heteroatoms. The number of rotatable bonds is 2. The van der Waals surface area contributed by atoms with Crippen LogP contribution in [0.25, 0.3) is 0 Å². The Kier molecular flexibility index (Phi) is 4.65. The number of piperazine rings is 1. The van der Waals surface area contributed by atoms with Gasteiger partial charge in [-0.2, -0.15) is 0 Å². The van der Waals surface area contributed by atoms with E-state index in [0.717, 1.165) is 22.7 Å². The van der Waals surface area contributed by atoms with Gasteiger partial charge >= 0.3 is 0 Å². The number of thioether (sulfide) groups is 1. The standard InChI is InChI=1S/C19H20N4O2S/c1-12-18(24)22-15-9-13(4-5-17(15)26-12)19(25)23-8-7-21-11-16(23)14-3-2-6-20-10-14/h2-6,9-10,12,16,21H,7-8,11H2,1H3,(H,22,24). The number of nitrogens with zero attached hydrogens (tertiary/aromatic N) is 2. The number of benzene rings is 1. The van der Waals surface area contributed by atoms with Crippen LogP contribution in [-0.2, 0) is 4.79 Å². The van der Waals surface area contributed by atoms with Crippen LogP contribution in [-0.4, -0.2) is 46.6 Å². The maximum absolute atomic E-state index is 13.2. The molecule has 2 unspecified atom stereocenters. The van der Waals surface area contributed by atoms with E-state index in [1.807, 2.05) is 42.3 Å². The number of hydrogen-bond acceptors (Lipinski definition) is 5. The van der Waals surface area contributed by atoms with Gasteiger partial charge in [-0.15, -0.1) is 11.8 Å². The van der Waals surface area contributed by atoms with E-state index < -0.39 is 0 Å². The third kappa shape index (κ3) is 3.20. The van der Waals surface area contributed by atoms with Crippen LogP contribution >= 0.6 is 11.8 Å². The van der Waals surface area contributed by atoms with Crippen molar-refractivity contribution in [3.8, 4) is 0 Å². The summed E-state index contributed by atoms with van der Waals surface area (Å²) in [4.78, 5) is 32.2. The van der Waals surface area contributed by atoms with E-state index in [1.165, 1.54) is 11.8 Å². The molecule has 26 heavy (non-hydrogen) atoms. The fourth-order valence-electron chi connectivity index (χ4n) is 3.33. The highest BCUT2D eigenvalue weighted by Gasteiger charge is 2.30. The van der Waals surface area contributed by atoms with Crippen molar-refractivity contribution in [2.24, 2.45) is 0 Å². The number of amides is 2. The van der Waals surface area contributed by atoms with Gasteiger partial charge in [0, 0.05) is 42.5 Å². The van der Waals surface area contributed by atoms with Gasteiger partial charge in [-0.3, -0.25) is 14.6 Å². The fraction of sp³-hybridized carbons (Fsp3) is 0.316. The van der Waals surface area contributed by atoms with Gasteiger partial charge in [0.25, 0.3) is 5.91 Å². The highest BCUT2D eigenvalue weighted by molar-refractivity contribution is 8.00. The van der Waals surface area contributed by atoms with Gasteiger partial charge < -0.3 is 15.5 Å². The quantitative estimate of drug-likeness (QED) is 0.851. The summed E-state index contributed by atoms with van der Waals surface area (Å²) in [6.45, 7) is 3.97. The number of fused-ring (bicyclic) bond motifs is 1. The molecule has 2 N–H and O–H groups in total. The van der Waals surface area contributed by atoms with Crippen molar-refractivity contribution >= 4 is 29.3 Å². The topological polar surface area (TPSA) is 74.3 Å². The molecular weight excluding hydrogens is 348 g/mol. The van der Waals surface area contributed by atoms with Gasteiger partial charge in [0.15, 0.2) is 0 Å². The van der Waals surface area contributed by atoms with E-state index in [-0.39, 0.29) is 23.1 Å². The Balaban J connectivity index is 1.62. The lowest BCUT2D eigenvalue weighted by atomic mass is 10.0. The highest BCUT2D eigenvalue weighted by atomic mass is 32.2. The zero-order valence-electron chi connectivity index (χ0n) is 14.4. The molecule has 3 heterocycles. The molecule has 1 aromatic carbocycles. The molecule has 1 fully saturated rings. The minimum absolute atomic E-state index is 0.0255. The minimum Gasteiger partial charge on any atom is -0.329 e. The average Bonchev–Trinajstić information content (AvgIpc) is 2.69. The van der Waals surface area contributed by atoms with E-state index in [2.05, 4.69) is 15.6 Å². The second kappa shape index (κ2) is 7.09. The van der Waals surface area contributed by atoms with Crippen LogP contribution < -0.4 is 10.6 Å². The highest BCUT2D eigenvalue weighted by Crippen LogP contribution is 2.36. The first-order chi connectivity index (χ1) is 12.6. The Bertz CT molecular complexity index is 843. The summed E-state index contributed by atoms with van der Waals surface area (Å²) >= 11 is 1.52. The number of carbonyl (C=O) groups excluding carboxylic acids is 2. The van der Waals surface area contributed by atoms with Gasteiger partial charge in [0.1, 0.15) is 0 Å². The van der Waals surface area contributed by atoms with Crippen LogP contribution in [0, 0.1) is 0 Å². The number of pyridine rings is 1. The molecule has 2 aliphatic heterocycles. The molecule has 1 saturated heterocycles. The Morgan fingerprint density at radius 1 is 1.35 bits per heavy atom. The lowest BCUT2D eigenvalue weighted by Crippen LogP contribution is -2.48. The first-order valence-electron chi connectivity index (χ1n) is 8.66. The lowest BCUT2D eigenvalue weighted by Gasteiger charge is -2.36. The SMILES string of the molecule is CC1Sc2ccc(C(=O)N3CCNCC3c3cccnc3)cc2NC1=O. The molecule has 0 spiro atoms. The zero-order chi connectivity index (χ0) is 18.1. The van der Waals surface area contributed by atoms with Crippen molar-refractivity contribution in [3.63, 3.8) is 0 Å². The van der Waals surface area contributed by atoms with E-state index in [1.54, 1.807) is 12.3 Å². The van der Waals surface area contributed by atoms with Crippen molar-refractivity contribution < 1.29 is 9.59 Å². The summed E-state index contributed by atoms with van der Waals surface area (Å²) in [5.41, 5.74) is 2.33. The van der Waals surface area contributed by atoms with Crippen LogP contribution in [0.15, 0.2) is 47.6 Å². The summed E-state index contributed by atoms with van der Waals surface area (Å²) < 4.78 is 0. The van der Waals surface area contributed by atoms with Gasteiger partial charge in [-0.1, -0.05) is 6.07 Å². The van der Waals surface area contributed by atoms with Crippen LogP contribution in [0.1, 0.15) is 28.9 Å². The van der Waals surface area contributed by atoms with E-state index >= 15 is 0 Å². The number of anilines is 1. The molecule has 2 amide bonds. The smallest absolute Gasteiger partial charge is 0.254 e. The number of nitrogens with one attached hydrogen (secondary N) is 2. The Hall–Kier alpha value is -2.38. The third-order valence-electron chi connectivity index (χ3n) is 4.73. The Morgan fingerprint density at radius 2 is 2.23 bits per heavy atom. The van der Waals surface area contributed by atoms with Crippen LogP contribution in [0.3, 0.4) is 0 Å². The molecule has 2 aliphatic rings. The van der Waals surface area contributed by atoms with Gasteiger partial charge in [-0.25, -0.2) is 0 Å². The molecule has 4 rings (SSSR count). The van der Waals surface area contributed by atoms with Crippen LogP contribution in [0.4, 0.5) is 5.69 Å². The zero-order valence-corrected chi connectivity index (χ0v) is 15.3. The molecule has 6 nitrogen and oxygen atoms in total. The van der Waals surface area contributed by atoms with Crippen LogP contribution in [0.2, 0.25) is 0 Å². The van der Waals surface area contributed by atoms with Crippen molar-refractivity contribution in [1.82, 2.24) is 15.2 Å². The van der Waals surface area contributed by atoms with Crippen molar-refractivity contribution in [1.29, 1.82) is 0 Å². The second-order valence-electron chi connectivity index (χ2n) is 6.47. The molecule has 0 saturated carbocycles. The normalized spacial score (nSPS) is 22.5. The third-order valence-corrected chi connectivity index (χ3v) is 5.91. The monoisotopic (exact) mass is 368 g/mol. The van der Waals surface area contributed by atoms with Gasteiger partial charge in [0.05, 0.1) is 17.0 Å². The lowest BCUT2D eigenvalue weighted by molar-refractivity contribution is -0.115. The van der Waals surface area contributed by atoms with E-state index in [0.29, 0.717) is 18.7 Å². The number of hydrogen-bond donors (Lipinski definition) is 2. The average molecular weight is 368 g/mol. The minimum atomic E-state index is -0.118. The van der Waals surface area contributed by atoms with Crippen molar-refractivity contribution in [2.45, 2.75) is 23.1 Å². The maximum Gasteiger partial charge on any atom is 0.254 e. The molecule has 0 radical (unpaired) electrons. The van der Waals surface area contributed by atoms with Crippen LogP contribution in [0.5, 0.6) is 0 Å². The van der Waals surface area contributed by atoms with Crippen molar-refractivity contribution in [2.75, 3.05) is 25.0 Å². The van der Waals surface area contributed by atoms with Gasteiger partial charge in [0.2, 0.25) is 5.91 Å². The predicted molar refractivity (Wildman–Crippen MR) is 101 cm³/mol. The summed E-state index contributed by atoms with van der Waals surface area (Å²) in [5, 5.41) is 6.13. The Labute approximate surface area is 156 Å². The molecule has 0 aliphatic carbocycles. The summed E-state index contributed by atoms with van der Waals surface area (Å²) in [5.74, 6) is -0.0523. The molecule has 2 aromatic rings. The number of aromatic nitrogens is 1. The Morgan fingerprint density at radius 3 is 3.04 bits per heavy atom.